The Hall–Kier alpha value is -2.04. The van der Waals surface area contributed by atoms with Crippen LogP contribution in [0.15, 0.2) is 42.5 Å². The molecule has 1 amide bonds. The predicted octanol–water partition coefficient (Wildman–Crippen LogP) is 3.13. The number of hydrogen-bond donors (Lipinski definition) is 2. The number of nitrogens with one attached hydrogen (secondary N) is 1. The maximum absolute atomic E-state index is 12.4. The Labute approximate surface area is 140 Å². The van der Waals surface area contributed by atoms with Crippen molar-refractivity contribution in [1.82, 2.24) is 5.32 Å². The number of ether oxygens (including phenoxy) is 1. The summed E-state index contributed by atoms with van der Waals surface area (Å²) in [5.74, 6) is 0.635. The van der Waals surface area contributed by atoms with Crippen LogP contribution in [0.1, 0.15) is 34.5 Å². The molecule has 0 aromatic heterocycles. The van der Waals surface area contributed by atoms with E-state index >= 15 is 0 Å². The van der Waals surface area contributed by atoms with Crippen LogP contribution in [0.25, 0.3) is 0 Å². The van der Waals surface area contributed by atoms with Gasteiger partial charge in [-0.25, -0.2) is 0 Å². The second-order valence-electron chi connectivity index (χ2n) is 5.68. The van der Waals surface area contributed by atoms with Crippen molar-refractivity contribution in [2.24, 2.45) is 0 Å². The third kappa shape index (κ3) is 3.49. The van der Waals surface area contributed by atoms with Gasteiger partial charge in [-0.1, -0.05) is 23.7 Å². The Kier molecular flexibility index (Phi) is 4.55. The fourth-order valence-electron chi connectivity index (χ4n) is 2.65. The van der Waals surface area contributed by atoms with Gasteiger partial charge in [0.15, 0.2) is 0 Å². The van der Waals surface area contributed by atoms with Gasteiger partial charge >= 0.3 is 0 Å². The normalized spacial score (nSPS) is 15.4. The molecule has 0 spiro atoms. The number of benzene rings is 2. The molecule has 2 aromatic carbocycles. The van der Waals surface area contributed by atoms with Crippen LogP contribution in [0.4, 0.5) is 0 Å². The average Bonchev–Trinajstić information content (AvgIpc) is 3.02. The number of hydrogen-bond acceptors (Lipinski definition) is 3. The number of amides is 1. The third-order valence-electron chi connectivity index (χ3n) is 4.00. The standard InChI is InChI=1S/C18H18ClNO3/c1-11(17(21)12-2-5-15(19)6-3-12)20-18(22)14-4-7-16-13(10-14)8-9-23-16/h2-7,10-11,17,21H,8-9H2,1H3,(H,20,22). The lowest BCUT2D eigenvalue weighted by Gasteiger charge is -2.21. The molecule has 0 bridgehead atoms. The Bertz CT molecular complexity index is 715. The van der Waals surface area contributed by atoms with Crippen molar-refractivity contribution in [2.45, 2.75) is 25.5 Å². The van der Waals surface area contributed by atoms with Crippen molar-refractivity contribution in [1.29, 1.82) is 0 Å². The van der Waals surface area contributed by atoms with Crippen LogP contribution in [0, 0.1) is 0 Å². The third-order valence-corrected chi connectivity index (χ3v) is 4.25. The first-order chi connectivity index (χ1) is 11.0. The number of carbonyl (C=O) groups excluding carboxylic acids is 1. The number of fused-ring (bicyclic) bond motifs is 1. The van der Waals surface area contributed by atoms with E-state index in [-0.39, 0.29) is 5.91 Å². The number of halogens is 1. The van der Waals surface area contributed by atoms with Crippen LogP contribution < -0.4 is 10.1 Å². The highest BCUT2D eigenvalue weighted by Crippen LogP contribution is 2.26. The van der Waals surface area contributed by atoms with Gasteiger partial charge in [-0.05, 0) is 48.4 Å². The average molecular weight is 332 g/mol. The summed E-state index contributed by atoms with van der Waals surface area (Å²) in [5.41, 5.74) is 2.33. The van der Waals surface area contributed by atoms with Gasteiger partial charge in [0.25, 0.3) is 5.91 Å². The number of aliphatic hydroxyl groups excluding tert-OH is 1. The molecule has 1 heterocycles. The summed E-state index contributed by atoms with van der Waals surface area (Å²) < 4.78 is 5.44. The van der Waals surface area contributed by atoms with Gasteiger partial charge in [0.2, 0.25) is 0 Å². The zero-order chi connectivity index (χ0) is 16.4. The van der Waals surface area contributed by atoms with E-state index in [1.807, 2.05) is 12.1 Å². The molecule has 2 unspecified atom stereocenters. The zero-order valence-corrected chi connectivity index (χ0v) is 13.5. The van der Waals surface area contributed by atoms with Crippen LogP contribution in [0.5, 0.6) is 5.75 Å². The topological polar surface area (TPSA) is 58.6 Å². The molecular weight excluding hydrogens is 314 g/mol. The van der Waals surface area contributed by atoms with Gasteiger partial charge in [0.1, 0.15) is 5.75 Å². The summed E-state index contributed by atoms with van der Waals surface area (Å²) in [6, 6.07) is 11.9. The molecule has 2 aromatic rings. The Morgan fingerprint density at radius 2 is 2.00 bits per heavy atom. The lowest BCUT2D eigenvalue weighted by molar-refractivity contribution is 0.0852. The molecule has 120 valence electrons. The highest BCUT2D eigenvalue weighted by atomic mass is 35.5. The molecule has 4 nitrogen and oxygen atoms in total. The van der Waals surface area contributed by atoms with Crippen LogP contribution in [-0.2, 0) is 6.42 Å². The van der Waals surface area contributed by atoms with E-state index in [4.69, 9.17) is 16.3 Å². The first-order valence-corrected chi connectivity index (χ1v) is 7.92. The first kappa shape index (κ1) is 15.8. The molecule has 0 saturated carbocycles. The molecule has 0 radical (unpaired) electrons. The molecule has 23 heavy (non-hydrogen) atoms. The van der Waals surface area contributed by atoms with E-state index in [1.54, 1.807) is 37.3 Å². The lowest BCUT2D eigenvalue weighted by Crippen LogP contribution is -2.37. The minimum Gasteiger partial charge on any atom is -0.493 e. The van der Waals surface area contributed by atoms with Crippen molar-refractivity contribution in [3.63, 3.8) is 0 Å². The van der Waals surface area contributed by atoms with Gasteiger partial charge in [0.05, 0.1) is 18.8 Å². The Morgan fingerprint density at radius 3 is 2.74 bits per heavy atom. The Balaban J connectivity index is 1.68. The van der Waals surface area contributed by atoms with Crippen LogP contribution in [0.3, 0.4) is 0 Å². The van der Waals surface area contributed by atoms with Gasteiger partial charge in [-0.3, -0.25) is 4.79 Å². The van der Waals surface area contributed by atoms with Crippen molar-refractivity contribution in [3.05, 3.63) is 64.2 Å². The molecule has 0 fully saturated rings. The van der Waals surface area contributed by atoms with Gasteiger partial charge in [-0.2, -0.15) is 0 Å². The summed E-state index contributed by atoms with van der Waals surface area (Å²) in [4.78, 5) is 12.4. The largest absolute Gasteiger partial charge is 0.493 e. The van der Waals surface area contributed by atoms with Crippen molar-refractivity contribution in [3.8, 4) is 5.75 Å². The van der Waals surface area contributed by atoms with Crippen molar-refractivity contribution < 1.29 is 14.6 Å². The van der Waals surface area contributed by atoms with E-state index in [0.29, 0.717) is 22.8 Å². The summed E-state index contributed by atoms with van der Waals surface area (Å²) in [6.07, 6.45) is 0.0216. The maximum atomic E-state index is 12.4. The first-order valence-electron chi connectivity index (χ1n) is 7.55. The monoisotopic (exact) mass is 331 g/mol. The van der Waals surface area contributed by atoms with Gasteiger partial charge in [0, 0.05) is 17.0 Å². The minimum absolute atomic E-state index is 0.208. The van der Waals surface area contributed by atoms with Crippen LogP contribution in [-0.4, -0.2) is 23.7 Å². The highest BCUT2D eigenvalue weighted by molar-refractivity contribution is 6.30. The fourth-order valence-corrected chi connectivity index (χ4v) is 2.77. The van der Waals surface area contributed by atoms with Gasteiger partial charge < -0.3 is 15.2 Å². The van der Waals surface area contributed by atoms with E-state index in [1.165, 1.54) is 0 Å². The summed E-state index contributed by atoms with van der Waals surface area (Å²) in [6.45, 7) is 2.43. The van der Waals surface area contributed by atoms with Crippen molar-refractivity contribution >= 4 is 17.5 Å². The summed E-state index contributed by atoms with van der Waals surface area (Å²) in [5, 5.41) is 13.8. The predicted molar refractivity (Wildman–Crippen MR) is 89.0 cm³/mol. The molecule has 0 saturated heterocycles. The SMILES string of the molecule is CC(NC(=O)c1ccc2c(c1)CCO2)C(O)c1ccc(Cl)cc1. The molecule has 1 aliphatic heterocycles. The van der Waals surface area contributed by atoms with Crippen LogP contribution >= 0.6 is 11.6 Å². The Morgan fingerprint density at radius 1 is 1.26 bits per heavy atom. The van der Waals surface area contributed by atoms with Crippen molar-refractivity contribution in [2.75, 3.05) is 6.61 Å². The summed E-state index contributed by atoms with van der Waals surface area (Å²) in [7, 11) is 0. The quantitative estimate of drug-likeness (QED) is 0.905. The van der Waals surface area contributed by atoms with E-state index in [2.05, 4.69) is 5.32 Å². The van der Waals surface area contributed by atoms with E-state index < -0.39 is 12.1 Å². The van der Waals surface area contributed by atoms with E-state index in [9.17, 15) is 9.90 Å². The maximum Gasteiger partial charge on any atom is 0.251 e. The second kappa shape index (κ2) is 6.60. The highest BCUT2D eigenvalue weighted by Gasteiger charge is 2.20. The van der Waals surface area contributed by atoms with Crippen LogP contribution in [0.2, 0.25) is 5.02 Å². The number of aliphatic hydroxyl groups is 1. The molecule has 2 N–H and O–H groups in total. The number of rotatable bonds is 4. The molecule has 0 aliphatic carbocycles. The molecule has 1 aliphatic rings. The van der Waals surface area contributed by atoms with Gasteiger partial charge in [-0.15, -0.1) is 0 Å². The lowest BCUT2D eigenvalue weighted by atomic mass is 10.0. The zero-order valence-electron chi connectivity index (χ0n) is 12.8. The minimum atomic E-state index is -0.797. The summed E-state index contributed by atoms with van der Waals surface area (Å²) >= 11 is 5.85. The molecule has 5 heteroatoms. The molecule has 2 atom stereocenters. The fraction of sp³-hybridized carbons (Fsp3) is 0.278. The molecular formula is C18H18ClNO3. The molecule has 3 rings (SSSR count). The second-order valence-corrected chi connectivity index (χ2v) is 6.12. The smallest absolute Gasteiger partial charge is 0.251 e. The van der Waals surface area contributed by atoms with E-state index in [0.717, 1.165) is 17.7 Å². The number of carbonyl (C=O) groups is 1.